The molecule has 1 saturated heterocycles. The zero-order chi connectivity index (χ0) is 15.0. The highest BCUT2D eigenvalue weighted by Crippen LogP contribution is 2.27. The van der Waals surface area contributed by atoms with Crippen molar-refractivity contribution in [1.82, 2.24) is 9.88 Å². The maximum atomic E-state index is 12.7. The summed E-state index contributed by atoms with van der Waals surface area (Å²) in [6.07, 6.45) is 0. The van der Waals surface area contributed by atoms with E-state index in [9.17, 15) is 4.79 Å². The van der Waals surface area contributed by atoms with Crippen LogP contribution in [0.5, 0.6) is 0 Å². The Labute approximate surface area is 133 Å². The van der Waals surface area contributed by atoms with E-state index in [0.717, 1.165) is 23.2 Å². The Morgan fingerprint density at radius 3 is 2.95 bits per heavy atom. The Morgan fingerprint density at radius 1 is 1.38 bits per heavy atom. The van der Waals surface area contributed by atoms with Gasteiger partial charge in [0.1, 0.15) is 5.69 Å². The van der Waals surface area contributed by atoms with Crippen molar-refractivity contribution in [2.75, 3.05) is 12.3 Å². The van der Waals surface area contributed by atoms with Crippen molar-refractivity contribution in [2.24, 2.45) is 0 Å². The van der Waals surface area contributed by atoms with E-state index in [4.69, 9.17) is 11.6 Å². The lowest BCUT2D eigenvalue weighted by atomic mass is 10.1. The zero-order valence-corrected chi connectivity index (χ0v) is 13.6. The van der Waals surface area contributed by atoms with E-state index < -0.39 is 0 Å². The monoisotopic (exact) mass is 320 g/mol. The van der Waals surface area contributed by atoms with Crippen molar-refractivity contribution in [1.29, 1.82) is 0 Å². The fraction of sp³-hybridized carbons (Fsp3) is 0.375. The Morgan fingerprint density at radius 2 is 2.14 bits per heavy atom. The number of fused-ring (bicyclic) bond motifs is 1. The second-order valence-electron chi connectivity index (χ2n) is 5.32. The molecule has 0 bridgehead atoms. The van der Waals surface area contributed by atoms with Crippen LogP contribution >= 0.6 is 23.4 Å². The van der Waals surface area contributed by atoms with Crippen LogP contribution in [0.1, 0.15) is 24.3 Å². The van der Waals surface area contributed by atoms with Crippen LogP contribution in [0, 0.1) is 0 Å². The fourth-order valence-corrected chi connectivity index (χ4v) is 3.97. The summed E-state index contributed by atoms with van der Waals surface area (Å²) >= 11 is 8.20. The lowest BCUT2D eigenvalue weighted by Crippen LogP contribution is -2.48. The Balaban J connectivity index is 1.98. The van der Waals surface area contributed by atoms with Crippen LogP contribution in [-0.4, -0.2) is 39.4 Å². The molecular weight excluding hydrogens is 304 g/mol. The molecule has 0 aliphatic carbocycles. The molecule has 110 valence electrons. The maximum absolute atomic E-state index is 12.7. The molecular formula is C16H17ClN2OS. The Hall–Kier alpha value is -1.26. The average Bonchev–Trinajstić information content (AvgIpc) is 2.49. The van der Waals surface area contributed by atoms with Crippen molar-refractivity contribution in [3.63, 3.8) is 0 Å². The summed E-state index contributed by atoms with van der Waals surface area (Å²) in [4.78, 5) is 19.1. The highest BCUT2D eigenvalue weighted by atomic mass is 35.5. The second-order valence-corrected chi connectivity index (χ2v) is 7.21. The summed E-state index contributed by atoms with van der Waals surface area (Å²) in [5, 5.41) is 1.90. The number of para-hydroxylation sites is 1. The van der Waals surface area contributed by atoms with Gasteiger partial charge in [0.15, 0.2) is 0 Å². The molecule has 3 nitrogen and oxygen atoms in total. The van der Waals surface area contributed by atoms with E-state index in [0.29, 0.717) is 16.0 Å². The molecule has 1 aliphatic rings. The molecule has 0 radical (unpaired) electrons. The van der Waals surface area contributed by atoms with Crippen LogP contribution in [0.4, 0.5) is 0 Å². The maximum Gasteiger partial charge on any atom is 0.272 e. The van der Waals surface area contributed by atoms with E-state index in [1.54, 1.807) is 6.07 Å². The summed E-state index contributed by atoms with van der Waals surface area (Å²) in [6, 6.07) is 9.52. The minimum atomic E-state index is -0.0256. The van der Waals surface area contributed by atoms with Crippen molar-refractivity contribution in [3.05, 3.63) is 41.0 Å². The first-order valence-electron chi connectivity index (χ1n) is 7.06. The largest absolute Gasteiger partial charge is 0.333 e. The number of thioether (sulfide) groups is 1. The normalized spacial score (nSPS) is 22.5. The smallest absolute Gasteiger partial charge is 0.272 e. The minimum Gasteiger partial charge on any atom is -0.333 e. The van der Waals surface area contributed by atoms with Gasteiger partial charge in [-0.05, 0) is 19.1 Å². The quantitative estimate of drug-likeness (QED) is 0.800. The highest BCUT2D eigenvalue weighted by molar-refractivity contribution is 8.00. The van der Waals surface area contributed by atoms with Gasteiger partial charge in [-0.15, -0.1) is 0 Å². The average molecular weight is 321 g/mol. The molecule has 1 aromatic carbocycles. The van der Waals surface area contributed by atoms with E-state index in [-0.39, 0.29) is 11.9 Å². The number of hydrogen-bond acceptors (Lipinski definition) is 3. The molecule has 21 heavy (non-hydrogen) atoms. The summed E-state index contributed by atoms with van der Waals surface area (Å²) in [5.74, 6) is 0.945. The SMILES string of the molecule is CC1SCCN(C(=O)c2cc(Cl)c3ccccc3n2)C1C. The first-order chi connectivity index (χ1) is 10.1. The summed E-state index contributed by atoms with van der Waals surface area (Å²) < 4.78 is 0. The Kier molecular flexibility index (Phi) is 4.09. The molecule has 3 rings (SSSR count). The molecule has 2 unspecified atom stereocenters. The number of nitrogens with zero attached hydrogens (tertiary/aromatic N) is 2. The number of amides is 1. The van der Waals surface area contributed by atoms with Crippen molar-refractivity contribution >= 4 is 40.2 Å². The number of hydrogen-bond donors (Lipinski definition) is 0. The minimum absolute atomic E-state index is 0.0256. The predicted molar refractivity (Wildman–Crippen MR) is 89.2 cm³/mol. The number of carbonyl (C=O) groups excluding carboxylic acids is 1. The summed E-state index contributed by atoms with van der Waals surface area (Å²) in [6.45, 7) is 5.02. The van der Waals surface area contributed by atoms with Gasteiger partial charge in [-0.2, -0.15) is 11.8 Å². The number of aromatic nitrogens is 1. The first-order valence-corrected chi connectivity index (χ1v) is 8.48. The van der Waals surface area contributed by atoms with Gasteiger partial charge in [-0.3, -0.25) is 4.79 Å². The third kappa shape index (κ3) is 2.74. The molecule has 2 atom stereocenters. The molecule has 0 N–H and O–H groups in total. The number of benzene rings is 1. The second kappa shape index (κ2) is 5.85. The van der Waals surface area contributed by atoms with E-state index in [2.05, 4.69) is 18.8 Å². The van der Waals surface area contributed by atoms with Gasteiger partial charge in [0.05, 0.1) is 10.5 Å². The lowest BCUT2D eigenvalue weighted by molar-refractivity contribution is 0.0692. The number of pyridine rings is 1. The van der Waals surface area contributed by atoms with Gasteiger partial charge in [0.25, 0.3) is 5.91 Å². The lowest BCUT2D eigenvalue weighted by Gasteiger charge is -2.37. The molecule has 1 aromatic heterocycles. The van der Waals surface area contributed by atoms with Gasteiger partial charge >= 0.3 is 0 Å². The van der Waals surface area contributed by atoms with Gasteiger partial charge in [-0.25, -0.2) is 4.98 Å². The van der Waals surface area contributed by atoms with Crippen LogP contribution in [0.3, 0.4) is 0 Å². The van der Waals surface area contributed by atoms with Gasteiger partial charge in [0, 0.05) is 29.0 Å². The van der Waals surface area contributed by atoms with E-state index in [1.807, 2.05) is 40.9 Å². The molecule has 1 aliphatic heterocycles. The van der Waals surface area contributed by atoms with E-state index in [1.165, 1.54) is 0 Å². The van der Waals surface area contributed by atoms with Gasteiger partial charge < -0.3 is 4.90 Å². The molecule has 1 amide bonds. The number of carbonyl (C=O) groups is 1. The third-order valence-electron chi connectivity index (χ3n) is 4.03. The topological polar surface area (TPSA) is 33.2 Å². The molecule has 2 aromatic rings. The highest BCUT2D eigenvalue weighted by Gasteiger charge is 2.30. The molecule has 0 spiro atoms. The summed E-state index contributed by atoms with van der Waals surface area (Å²) in [5.41, 5.74) is 1.20. The molecule has 1 fully saturated rings. The van der Waals surface area contributed by atoms with Crippen LogP contribution < -0.4 is 0 Å². The van der Waals surface area contributed by atoms with Gasteiger partial charge in [0.2, 0.25) is 0 Å². The van der Waals surface area contributed by atoms with E-state index >= 15 is 0 Å². The van der Waals surface area contributed by atoms with Crippen LogP contribution in [0.15, 0.2) is 30.3 Å². The third-order valence-corrected chi connectivity index (χ3v) is 5.68. The fourth-order valence-electron chi connectivity index (χ4n) is 2.61. The molecule has 0 saturated carbocycles. The molecule has 5 heteroatoms. The zero-order valence-electron chi connectivity index (χ0n) is 12.0. The van der Waals surface area contributed by atoms with Crippen LogP contribution in [0.2, 0.25) is 5.02 Å². The van der Waals surface area contributed by atoms with Gasteiger partial charge in [-0.1, -0.05) is 36.7 Å². The summed E-state index contributed by atoms with van der Waals surface area (Å²) in [7, 11) is 0. The first kappa shape index (κ1) is 14.7. The van der Waals surface area contributed by atoms with Crippen molar-refractivity contribution in [2.45, 2.75) is 25.1 Å². The Bertz CT molecular complexity index is 691. The van der Waals surface area contributed by atoms with Crippen molar-refractivity contribution in [3.8, 4) is 0 Å². The molecule has 2 heterocycles. The predicted octanol–water partition coefficient (Wildman–Crippen LogP) is 3.85. The van der Waals surface area contributed by atoms with Crippen molar-refractivity contribution < 1.29 is 4.79 Å². The number of rotatable bonds is 1. The van der Waals surface area contributed by atoms with Crippen LogP contribution in [0.25, 0.3) is 10.9 Å². The van der Waals surface area contributed by atoms with Crippen LogP contribution in [-0.2, 0) is 0 Å². The number of halogens is 1. The standard InChI is InChI=1S/C16H17ClN2OS/c1-10-11(2)21-8-7-19(10)16(20)15-9-13(17)12-5-3-4-6-14(12)18-15/h3-6,9-11H,7-8H2,1-2H3.